The molecule has 1 aromatic carbocycles. The quantitative estimate of drug-likeness (QED) is 0.892. The second kappa shape index (κ2) is 5.69. The van der Waals surface area contributed by atoms with Crippen LogP contribution in [0.3, 0.4) is 0 Å². The molecule has 0 aliphatic heterocycles. The van der Waals surface area contributed by atoms with Crippen molar-refractivity contribution in [1.82, 2.24) is 4.98 Å². The van der Waals surface area contributed by atoms with E-state index in [1.165, 1.54) is 12.0 Å². The van der Waals surface area contributed by atoms with Crippen molar-refractivity contribution in [3.8, 4) is 11.3 Å². The summed E-state index contributed by atoms with van der Waals surface area (Å²) in [5, 5.41) is 8.71. The highest BCUT2D eigenvalue weighted by Crippen LogP contribution is 2.25. The highest BCUT2D eigenvalue weighted by atomic mass is 16.4. The number of carbonyl (C=O) groups is 1. The van der Waals surface area contributed by atoms with E-state index in [1.807, 2.05) is 12.1 Å². The van der Waals surface area contributed by atoms with Crippen LogP contribution in [0, 0.1) is 0 Å². The molecule has 1 N–H and O–H groups in total. The van der Waals surface area contributed by atoms with Crippen LogP contribution in [-0.4, -0.2) is 16.1 Å². The van der Waals surface area contributed by atoms with Gasteiger partial charge in [-0.15, -0.1) is 0 Å². The van der Waals surface area contributed by atoms with Crippen LogP contribution in [-0.2, 0) is 11.2 Å². The Morgan fingerprint density at radius 2 is 2.00 bits per heavy atom. The number of benzene rings is 1. The fraction of sp³-hybridized carbons (Fsp3) is 0.333. The van der Waals surface area contributed by atoms with Gasteiger partial charge in [0.15, 0.2) is 6.39 Å². The average Bonchev–Trinajstić information content (AvgIpc) is 2.84. The zero-order chi connectivity index (χ0) is 13.8. The molecule has 0 saturated carbocycles. The van der Waals surface area contributed by atoms with Gasteiger partial charge < -0.3 is 9.52 Å². The predicted octanol–water partition coefficient (Wildman–Crippen LogP) is 3.48. The standard InChI is InChI=1S/C15H17NO3/c1-10(2)11-3-5-12(6-4-11)15-13(19-9-16-15)7-8-14(17)18/h3-6,9-10H,7-8H2,1-2H3,(H,17,18). The van der Waals surface area contributed by atoms with Gasteiger partial charge in [0.1, 0.15) is 11.5 Å². The number of hydrogen-bond acceptors (Lipinski definition) is 3. The van der Waals surface area contributed by atoms with Gasteiger partial charge in [0.05, 0.1) is 6.42 Å². The molecule has 0 atom stereocenters. The third-order valence-corrected chi connectivity index (χ3v) is 3.06. The molecule has 0 saturated heterocycles. The average molecular weight is 259 g/mol. The van der Waals surface area contributed by atoms with Crippen molar-refractivity contribution in [3.05, 3.63) is 42.0 Å². The summed E-state index contributed by atoms with van der Waals surface area (Å²) < 4.78 is 5.27. The largest absolute Gasteiger partial charge is 0.481 e. The Bertz CT molecular complexity index is 555. The number of carboxylic acids is 1. The molecular weight excluding hydrogens is 242 g/mol. The molecular formula is C15H17NO3. The normalized spacial score (nSPS) is 10.9. The molecule has 2 rings (SSSR count). The Labute approximate surface area is 112 Å². The van der Waals surface area contributed by atoms with Crippen LogP contribution >= 0.6 is 0 Å². The summed E-state index contributed by atoms with van der Waals surface area (Å²) in [6, 6.07) is 8.13. The lowest BCUT2D eigenvalue weighted by molar-refractivity contribution is -0.137. The molecule has 1 aromatic heterocycles. The van der Waals surface area contributed by atoms with E-state index in [9.17, 15) is 4.79 Å². The van der Waals surface area contributed by atoms with Crippen LogP contribution < -0.4 is 0 Å². The number of rotatable bonds is 5. The third kappa shape index (κ3) is 3.22. The van der Waals surface area contributed by atoms with E-state index in [4.69, 9.17) is 9.52 Å². The maximum atomic E-state index is 10.6. The van der Waals surface area contributed by atoms with Crippen molar-refractivity contribution in [2.45, 2.75) is 32.6 Å². The van der Waals surface area contributed by atoms with Crippen molar-refractivity contribution in [2.24, 2.45) is 0 Å². The van der Waals surface area contributed by atoms with Gasteiger partial charge in [0, 0.05) is 12.0 Å². The summed E-state index contributed by atoms with van der Waals surface area (Å²) in [6.07, 6.45) is 1.77. The van der Waals surface area contributed by atoms with Gasteiger partial charge in [-0.2, -0.15) is 0 Å². The molecule has 0 fully saturated rings. The topological polar surface area (TPSA) is 63.3 Å². The molecule has 0 aliphatic carbocycles. The number of hydrogen-bond donors (Lipinski definition) is 1. The van der Waals surface area contributed by atoms with Crippen molar-refractivity contribution in [3.63, 3.8) is 0 Å². The zero-order valence-electron chi connectivity index (χ0n) is 11.1. The van der Waals surface area contributed by atoms with Crippen LogP contribution in [0.15, 0.2) is 35.1 Å². The number of carboxylic acid groups (broad SMARTS) is 1. The van der Waals surface area contributed by atoms with Crippen molar-refractivity contribution >= 4 is 5.97 Å². The van der Waals surface area contributed by atoms with Gasteiger partial charge in [-0.3, -0.25) is 4.79 Å². The van der Waals surface area contributed by atoms with E-state index in [1.54, 1.807) is 0 Å². The van der Waals surface area contributed by atoms with Crippen LogP contribution in [0.4, 0.5) is 0 Å². The minimum Gasteiger partial charge on any atom is -0.481 e. The zero-order valence-corrected chi connectivity index (χ0v) is 11.1. The fourth-order valence-electron chi connectivity index (χ4n) is 1.93. The Kier molecular flexibility index (Phi) is 4.00. The smallest absolute Gasteiger partial charge is 0.303 e. The minimum atomic E-state index is -0.836. The van der Waals surface area contributed by atoms with Crippen molar-refractivity contribution in [2.75, 3.05) is 0 Å². The number of aromatic nitrogens is 1. The Balaban J connectivity index is 2.22. The Hall–Kier alpha value is -2.10. The highest BCUT2D eigenvalue weighted by Gasteiger charge is 2.12. The lowest BCUT2D eigenvalue weighted by Gasteiger charge is -2.06. The predicted molar refractivity (Wildman–Crippen MR) is 72.0 cm³/mol. The molecule has 100 valence electrons. The molecule has 4 nitrogen and oxygen atoms in total. The third-order valence-electron chi connectivity index (χ3n) is 3.06. The Morgan fingerprint density at radius 1 is 1.32 bits per heavy atom. The number of oxazole rings is 1. The first-order valence-electron chi connectivity index (χ1n) is 6.32. The fourth-order valence-corrected chi connectivity index (χ4v) is 1.93. The summed E-state index contributed by atoms with van der Waals surface area (Å²) >= 11 is 0. The van der Waals surface area contributed by atoms with E-state index < -0.39 is 5.97 Å². The molecule has 0 spiro atoms. The van der Waals surface area contributed by atoms with Gasteiger partial charge in [0.25, 0.3) is 0 Å². The molecule has 0 aliphatic rings. The van der Waals surface area contributed by atoms with Crippen LogP contribution in [0.2, 0.25) is 0 Å². The van der Waals surface area contributed by atoms with Gasteiger partial charge in [-0.05, 0) is 11.5 Å². The lowest BCUT2D eigenvalue weighted by atomic mass is 10.00. The first kappa shape index (κ1) is 13.3. The molecule has 4 heteroatoms. The molecule has 1 heterocycles. The van der Waals surface area contributed by atoms with E-state index in [2.05, 4.69) is 31.0 Å². The van der Waals surface area contributed by atoms with Gasteiger partial charge in [-0.25, -0.2) is 4.98 Å². The van der Waals surface area contributed by atoms with E-state index in [-0.39, 0.29) is 6.42 Å². The number of aryl methyl sites for hydroxylation is 1. The summed E-state index contributed by atoms with van der Waals surface area (Å²) in [7, 11) is 0. The van der Waals surface area contributed by atoms with E-state index >= 15 is 0 Å². The van der Waals surface area contributed by atoms with Gasteiger partial charge in [0.2, 0.25) is 0 Å². The maximum absolute atomic E-state index is 10.6. The maximum Gasteiger partial charge on any atom is 0.303 e. The summed E-state index contributed by atoms with van der Waals surface area (Å²) in [5.74, 6) is 0.273. The first-order chi connectivity index (χ1) is 9.08. The lowest BCUT2D eigenvalue weighted by Crippen LogP contribution is -1.98. The number of nitrogens with zero attached hydrogens (tertiary/aromatic N) is 1. The number of aliphatic carboxylic acids is 1. The van der Waals surface area contributed by atoms with E-state index in [0.717, 1.165) is 11.3 Å². The molecule has 0 amide bonds. The monoisotopic (exact) mass is 259 g/mol. The molecule has 0 bridgehead atoms. The Morgan fingerprint density at radius 3 is 2.58 bits per heavy atom. The second-order valence-electron chi connectivity index (χ2n) is 4.79. The van der Waals surface area contributed by atoms with Crippen LogP contribution in [0.25, 0.3) is 11.3 Å². The SMILES string of the molecule is CC(C)c1ccc(-c2ncoc2CCC(=O)O)cc1. The molecule has 2 aromatic rings. The van der Waals surface area contributed by atoms with Gasteiger partial charge >= 0.3 is 5.97 Å². The van der Waals surface area contributed by atoms with Gasteiger partial charge in [-0.1, -0.05) is 38.1 Å². The summed E-state index contributed by atoms with van der Waals surface area (Å²) in [5.41, 5.74) is 2.95. The molecule has 0 unspecified atom stereocenters. The first-order valence-corrected chi connectivity index (χ1v) is 6.32. The van der Waals surface area contributed by atoms with Crippen molar-refractivity contribution < 1.29 is 14.3 Å². The molecule has 19 heavy (non-hydrogen) atoms. The second-order valence-corrected chi connectivity index (χ2v) is 4.79. The highest BCUT2D eigenvalue weighted by molar-refractivity contribution is 5.68. The van der Waals surface area contributed by atoms with Crippen LogP contribution in [0.5, 0.6) is 0 Å². The van der Waals surface area contributed by atoms with Crippen molar-refractivity contribution in [1.29, 1.82) is 0 Å². The van der Waals surface area contributed by atoms with E-state index in [0.29, 0.717) is 18.1 Å². The molecule has 0 radical (unpaired) electrons. The summed E-state index contributed by atoms with van der Waals surface area (Å²) in [4.78, 5) is 14.8. The van der Waals surface area contributed by atoms with Crippen LogP contribution in [0.1, 0.15) is 37.5 Å². The summed E-state index contributed by atoms with van der Waals surface area (Å²) in [6.45, 7) is 4.28. The minimum absolute atomic E-state index is 0.0479.